The molecule has 2 aromatic rings. The molecule has 0 radical (unpaired) electrons. The third-order valence-corrected chi connectivity index (χ3v) is 4.05. The summed E-state index contributed by atoms with van der Waals surface area (Å²) in [7, 11) is 7.26. The lowest BCUT2D eigenvalue weighted by molar-refractivity contribution is -0.121. The SMILES string of the molecule is COc1ccc(OC)c(CCC(=O)NCc2ccc(N(C)C)cc2)c1. The molecular formula is C20H26N2O3. The largest absolute Gasteiger partial charge is 0.497 e. The summed E-state index contributed by atoms with van der Waals surface area (Å²) in [5.74, 6) is 1.55. The zero-order valence-corrected chi connectivity index (χ0v) is 15.3. The number of ether oxygens (including phenoxy) is 2. The number of aryl methyl sites for hydroxylation is 1. The Bertz CT molecular complexity index is 697. The van der Waals surface area contributed by atoms with Gasteiger partial charge in [-0.15, -0.1) is 0 Å². The number of nitrogens with zero attached hydrogens (tertiary/aromatic N) is 1. The molecule has 0 aliphatic rings. The maximum atomic E-state index is 12.1. The summed E-state index contributed by atoms with van der Waals surface area (Å²) in [4.78, 5) is 14.2. The Balaban J connectivity index is 1.86. The minimum absolute atomic E-state index is 0.0153. The molecule has 5 nitrogen and oxygen atoms in total. The van der Waals surface area contributed by atoms with Crippen LogP contribution in [0.1, 0.15) is 17.5 Å². The van der Waals surface area contributed by atoms with Gasteiger partial charge in [-0.05, 0) is 47.9 Å². The quantitative estimate of drug-likeness (QED) is 0.801. The van der Waals surface area contributed by atoms with Gasteiger partial charge in [0.25, 0.3) is 0 Å². The lowest BCUT2D eigenvalue weighted by Crippen LogP contribution is -2.23. The number of hydrogen-bond donors (Lipinski definition) is 1. The van der Waals surface area contributed by atoms with Crippen molar-refractivity contribution in [3.63, 3.8) is 0 Å². The molecule has 25 heavy (non-hydrogen) atoms. The monoisotopic (exact) mass is 342 g/mol. The molecule has 0 aliphatic carbocycles. The number of rotatable bonds is 8. The molecule has 5 heteroatoms. The van der Waals surface area contributed by atoms with E-state index in [9.17, 15) is 4.79 Å². The molecule has 0 bridgehead atoms. The van der Waals surface area contributed by atoms with Crippen molar-refractivity contribution in [1.29, 1.82) is 0 Å². The minimum atomic E-state index is 0.0153. The fourth-order valence-corrected chi connectivity index (χ4v) is 2.53. The number of anilines is 1. The van der Waals surface area contributed by atoms with Crippen molar-refractivity contribution >= 4 is 11.6 Å². The van der Waals surface area contributed by atoms with Crippen molar-refractivity contribution < 1.29 is 14.3 Å². The van der Waals surface area contributed by atoms with Gasteiger partial charge in [-0.2, -0.15) is 0 Å². The lowest BCUT2D eigenvalue weighted by Gasteiger charge is -2.13. The van der Waals surface area contributed by atoms with Gasteiger partial charge in [0.05, 0.1) is 14.2 Å². The Hall–Kier alpha value is -2.69. The van der Waals surface area contributed by atoms with Crippen molar-refractivity contribution in [2.75, 3.05) is 33.2 Å². The number of carbonyl (C=O) groups excluding carboxylic acids is 1. The molecule has 1 N–H and O–H groups in total. The normalized spacial score (nSPS) is 10.2. The molecule has 0 aromatic heterocycles. The third-order valence-electron chi connectivity index (χ3n) is 4.05. The van der Waals surface area contributed by atoms with Gasteiger partial charge in [-0.3, -0.25) is 4.79 Å². The van der Waals surface area contributed by atoms with Gasteiger partial charge < -0.3 is 19.7 Å². The molecule has 134 valence electrons. The number of benzene rings is 2. The highest BCUT2D eigenvalue weighted by molar-refractivity contribution is 5.76. The first-order chi connectivity index (χ1) is 12.0. The highest BCUT2D eigenvalue weighted by atomic mass is 16.5. The molecule has 0 atom stereocenters. The van der Waals surface area contributed by atoms with Gasteiger partial charge in [0, 0.05) is 32.7 Å². The van der Waals surface area contributed by atoms with Crippen molar-refractivity contribution in [3.05, 3.63) is 53.6 Å². The van der Waals surface area contributed by atoms with E-state index in [1.165, 1.54) is 0 Å². The van der Waals surface area contributed by atoms with Crippen molar-refractivity contribution in [3.8, 4) is 11.5 Å². The standard InChI is InChI=1S/C20H26N2O3/c1-22(2)17-8-5-15(6-9-17)14-21-20(23)12-7-16-13-18(24-3)10-11-19(16)25-4/h5-6,8-11,13H,7,12,14H2,1-4H3,(H,21,23). The van der Waals surface area contributed by atoms with Crippen LogP contribution >= 0.6 is 0 Å². The maximum Gasteiger partial charge on any atom is 0.220 e. The van der Waals surface area contributed by atoms with E-state index >= 15 is 0 Å². The predicted octanol–water partition coefficient (Wildman–Crippen LogP) is 3.02. The van der Waals surface area contributed by atoms with E-state index in [1.54, 1.807) is 14.2 Å². The van der Waals surface area contributed by atoms with Crippen LogP contribution in [0.25, 0.3) is 0 Å². The summed E-state index contributed by atoms with van der Waals surface area (Å²) >= 11 is 0. The Morgan fingerprint density at radius 2 is 1.76 bits per heavy atom. The average molecular weight is 342 g/mol. The molecule has 0 unspecified atom stereocenters. The van der Waals surface area contributed by atoms with E-state index < -0.39 is 0 Å². The Morgan fingerprint density at radius 1 is 1.04 bits per heavy atom. The van der Waals surface area contributed by atoms with Crippen LogP contribution in [0, 0.1) is 0 Å². The highest BCUT2D eigenvalue weighted by Gasteiger charge is 2.08. The molecule has 0 heterocycles. The molecule has 1 amide bonds. The van der Waals surface area contributed by atoms with Gasteiger partial charge in [-0.1, -0.05) is 12.1 Å². The van der Waals surface area contributed by atoms with E-state index in [1.807, 2.05) is 61.5 Å². The topological polar surface area (TPSA) is 50.8 Å². The van der Waals surface area contributed by atoms with E-state index in [2.05, 4.69) is 5.32 Å². The maximum absolute atomic E-state index is 12.1. The summed E-state index contributed by atoms with van der Waals surface area (Å²) in [6.07, 6.45) is 1.01. The Kier molecular flexibility index (Phi) is 6.69. The minimum Gasteiger partial charge on any atom is -0.497 e. The van der Waals surface area contributed by atoms with Crippen LogP contribution in [-0.2, 0) is 17.8 Å². The first-order valence-corrected chi connectivity index (χ1v) is 8.27. The number of nitrogens with one attached hydrogen (secondary N) is 1. The molecule has 0 fully saturated rings. The summed E-state index contributed by atoms with van der Waals surface area (Å²) in [6, 6.07) is 13.8. The Labute approximate surface area is 149 Å². The van der Waals surface area contributed by atoms with Crippen LogP contribution < -0.4 is 19.7 Å². The molecule has 2 rings (SSSR count). The van der Waals surface area contributed by atoms with Crippen LogP contribution in [0.2, 0.25) is 0 Å². The van der Waals surface area contributed by atoms with Gasteiger partial charge >= 0.3 is 0 Å². The van der Waals surface area contributed by atoms with Gasteiger partial charge in [0.1, 0.15) is 11.5 Å². The van der Waals surface area contributed by atoms with E-state index in [-0.39, 0.29) is 5.91 Å². The summed E-state index contributed by atoms with van der Waals surface area (Å²) in [5.41, 5.74) is 3.19. The molecule has 0 aliphatic heterocycles. The van der Waals surface area contributed by atoms with Gasteiger partial charge in [0.2, 0.25) is 5.91 Å². The smallest absolute Gasteiger partial charge is 0.220 e. The Morgan fingerprint density at radius 3 is 2.36 bits per heavy atom. The van der Waals surface area contributed by atoms with Crippen LogP contribution in [0.15, 0.2) is 42.5 Å². The molecular weight excluding hydrogens is 316 g/mol. The first-order valence-electron chi connectivity index (χ1n) is 8.27. The van der Waals surface area contributed by atoms with E-state index in [0.29, 0.717) is 19.4 Å². The fourth-order valence-electron chi connectivity index (χ4n) is 2.53. The predicted molar refractivity (Wildman–Crippen MR) is 100 cm³/mol. The second-order valence-corrected chi connectivity index (χ2v) is 6.02. The lowest BCUT2D eigenvalue weighted by atomic mass is 10.1. The van der Waals surface area contributed by atoms with E-state index in [4.69, 9.17) is 9.47 Å². The number of hydrogen-bond acceptors (Lipinski definition) is 4. The van der Waals surface area contributed by atoms with Crippen molar-refractivity contribution in [2.24, 2.45) is 0 Å². The van der Waals surface area contributed by atoms with E-state index in [0.717, 1.165) is 28.3 Å². The van der Waals surface area contributed by atoms with Crippen molar-refractivity contribution in [2.45, 2.75) is 19.4 Å². The first kappa shape index (κ1) is 18.6. The second kappa shape index (κ2) is 8.97. The molecule has 2 aromatic carbocycles. The fraction of sp³-hybridized carbons (Fsp3) is 0.350. The van der Waals surface area contributed by atoms with Crippen LogP contribution in [0.3, 0.4) is 0 Å². The van der Waals surface area contributed by atoms with Gasteiger partial charge in [-0.25, -0.2) is 0 Å². The number of carbonyl (C=O) groups is 1. The van der Waals surface area contributed by atoms with Crippen LogP contribution in [0.5, 0.6) is 11.5 Å². The number of amides is 1. The molecule has 0 spiro atoms. The summed E-state index contributed by atoms with van der Waals surface area (Å²) in [6.45, 7) is 0.530. The highest BCUT2D eigenvalue weighted by Crippen LogP contribution is 2.25. The summed E-state index contributed by atoms with van der Waals surface area (Å²) in [5, 5.41) is 2.96. The molecule has 0 saturated carbocycles. The second-order valence-electron chi connectivity index (χ2n) is 6.02. The van der Waals surface area contributed by atoms with Crippen molar-refractivity contribution in [1.82, 2.24) is 5.32 Å². The number of methoxy groups -OCH3 is 2. The average Bonchev–Trinajstić information content (AvgIpc) is 2.64. The molecule has 0 saturated heterocycles. The van der Waals surface area contributed by atoms with Gasteiger partial charge in [0.15, 0.2) is 0 Å². The zero-order chi connectivity index (χ0) is 18.2. The third kappa shape index (κ3) is 5.41. The zero-order valence-electron chi connectivity index (χ0n) is 15.3. The summed E-state index contributed by atoms with van der Waals surface area (Å²) < 4.78 is 10.6. The van der Waals surface area contributed by atoms with Crippen LogP contribution in [0.4, 0.5) is 5.69 Å². The van der Waals surface area contributed by atoms with Crippen LogP contribution in [-0.4, -0.2) is 34.2 Å².